The first-order chi connectivity index (χ1) is 8.31. The van der Waals surface area contributed by atoms with Crippen LogP contribution in [0.3, 0.4) is 0 Å². The summed E-state index contributed by atoms with van der Waals surface area (Å²) in [4.78, 5) is 0. The topological polar surface area (TPSA) is 42.7 Å². The Morgan fingerprint density at radius 2 is 2.24 bits per heavy atom. The van der Waals surface area contributed by atoms with Crippen molar-refractivity contribution in [3.05, 3.63) is 47.3 Å². The summed E-state index contributed by atoms with van der Waals surface area (Å²) < 4.78 is 1.85. The van der Waals surface area contributed by atoms with Crippen LogP contribution in [-0.4, -0.2) is 22.0 Å². The summed E-state index contributed by atoms with van der Waals surface area (Å²) in [5.74, 6) is 0.536. The largest absolute Gasteiger partial charge is 0.311 e. The maximum Gasteiger partial charge on any atom is 0.0759 e. The number of rotatable bonds is 3. The van der Waals surface area contributed by atoms with Crippen molar-refractivity contribution in [2.75, 3.05) is 7.05 Å². The molecule has 3 rings (SSSR count). The van der Waals surface area contributed by atoms with Crippen LogP contribution in [-0.2, 0) is 13.5 Å². The van der Waals surface area contributed by atoms with Gasteiger partial charge in [-0.1, -0.05) is 29.5 Å². The molecule has 1 aliphatic rings. The predicted octanol–water partition coefficient (Wildman–Crippen LogP) is 1.42. The van der Waals surface area contributed by atoms with Gasteiger partial charge in [-0.25, -0.2) is 0 Å². The van der Waals surface area contributed by atoms with Gasteiger partial charge in [0.15, 0.2) is 0 Å². The molecule has 0 spiro atoms. The molecule has 4 nitrogen and oxygen atoms in total. The van der Waals surface area contributed by atoms with E-state index in [4.69, 9.17) is 0 Å². The Labute approximate surface area is 101 Å². The van der Waals surface area contributed by atoms with Gasteiger partial charge in [0, 0.05) is 13.0 Å². The summed E-state index contributed by atoms with van der Waals surface area (Å²) in [6, 6.07) is 8.94. The maximum atomic E-state index is 4.01. The van der Waals surface area contributed by atoms with E-state index < -0.39 is 0 Å². The Balaban J connectivity index is 1.93. The fraction of sp³-hybridized carbons (Fsp3) is 0.385. The van der Waals surface area contributed by atoms with Gasteiger partial charge in [0.2, 0.25) is 0 Å². The average molecular weight is 228 g/mol. The average Bonchev–Trinajstić information content (AvgIpc) is 2.72. The van der Waals surface area contributed by atoms with E-state index in [0.717, 1.165) is 12.1 Å². The van der Waals surface area contributed by atoms with Crippen LogP contribution in [0, 0.1) is 0 Å². The van der Waals surface area contributed by atoms with Gasteiger partial charge < -0.3 is 5.32 Å². The quantitative estimate of drug-likeness (QED) is 0.864. The number of aryl methyl sites for hydroxylation is 1. The van der Waals surface area contributed by atoms with Gasteiger partial charge in [-0.15, -0.1) is 5.10 Å². The number of benzene rings is 1. The number of likely N-dealkylation sites (N-methyl/N-ethyl adjacent to an activating group) is 1. The van der Waals surface area contributed by atoms with E-state index in [1.807, 2.05) is 25.0 Å². The van der Waals surface area contributed by atoms with Crippen LogP contribution in [0.15, 0.2) is 30.5 Å². The van der Waals surface area contributed by atoms with E-state index in [1.165, 1.54) is 11.1 Å². The number of aromatic nitrogens is 3. The molecule has 1 aliphatic carbocycles. The first-order valence-electron chi connectivity index (χ1n) is 5.91. The molecule has 17 heavy (non-hydrogen) atoms. The summed E-state index contributed by atoms with van der Waals surface area (Å²) >= 11 is 0. The van der Waals surface area contributed by atoms with Crippen molar-refractivity contribution in [3.63, 3.8) is 0 Å². The van der Waals surface area contributed by atoms with E-state index in [0.29, 0.717) is 12.0 Å². The standard InChI is InChI=1S/C13H16N4/c1-14-13(12-8-15-16-17(12)2)11-7-9-5-3-4-6-10(9)11/h3-6,8,11,13-14H,7H2,1-2H3. The Morgan fingerprint density at radius 3 is 2.88 bits per heavy atom. The van der Waals surface area contributed by atoms with Gasteiger partial charge in [-0.2, -0.15) is 0 Å². The molecule has 0 bridgehead atoms. The second kappa shape index (κ2) is 3.96. The molecule has 0 saturated heterocycles. The van der Waals surface area contributed by atoms with E-state index in [-0.39, 0.29) is 0 Å². The monoisotopic (exact) mass is 228 g/mol. The first kappa shape index (κ1) is 10.5. The third-order valence-electron chi connectivity index (χ3n) is 3.68. The molecule has 1 N–H and O–H groups in total. The minimum Gasteiger partial charge on any atom is -0.311 e. The molecule has 2 atom stereocenters. The molecule has 0 radical (unpaired) electrons. The zero-order valence-electron chi connectivity index (χ0n) is 10.1. The van der Waals surface area contributed by atoms with E-state index >= 15 is 0 Å². The lowest BCUT2D eigenvalue weighted by atomic mass is 9.73. The van der Waals surface area contributed by atoms with E-state index in [1.54, 1.807) is 0 Å². The highest BCUT2D eigenvalue weighted by Gasteiger charge is 2.34. The number of hydrogen-bond acceptors (Lipinski definition) is 3. The van der Waals surface area contributed by atoms with Crippen molar-refractivity contribution < 1.29 is 0 Å². The second-order valence-corrected chi connectivity index (χ2v) is 4.56. The van der Waals surface area contributed by atoms with Crippen molar-refractivity contribution in [3.8, 4) is 0 Å². The summed E-state index contributed by atoms with van der Waals surface area (Å²) in [5, 5.41) is 11.4. The summed E-state index contributed by atoms with van der Waals surface area (Å²) in [6.07, 6.45) is 2.98. The first-order valence-corrected chi connectivity index (χ1v) is 5.91. The van der Waals surface area contributed by atoms with Crippen molar-refractivity contribution in [2.45, 2.75) is 18.4 Å². The molecule has 2 aromatic rings. The highest BCUT2D eigenvalue weighted by molar-refractivity contribution is 5.42. The molecule has 88 valence electrons. The molecule has 0 amide bonds. The highest BCUT2D eigenvalue weighted by atomic mass is 15.4. The van der Waals surface area contributed by atoms with Crippen LogP contribution in [0.25, 0.3) is 0 Å². The van der Waals surface area contributed by atoms with Crippen molar-refractivity contribution >= 4 is 0 Å². The van der Waals surface area contributed by atoms with Crippen molar-refractivity contribution in [2.24, 2.45) is 7.05 Å². The summed E-state index contributed by atoms with van der Waals surface area (Å²) in [7, 11) is 3.94. The molecule has 2 unspecified atom stereocenters. The molecular weight excluding hydrogens is 212 g/mol. The lowest BCUT2D eigenvalue weighted by Crippen LogP contribution is -2.32. The number of nitrogens with one attached hydrogen (secondary N) is 1. The Kier molecular flexibility index (Phi) is 2.44. The fourth-order valence-corrected chi connectivity index (χ4v) is 2.73. The summed E-state index contributed by atoms with van der Waals surface area (Å²) in [6.45, 7) is 0. The van der Waals surface area contributed by atoms with E-state index in [2.05, 4.69) is 39.9 Å². The van der Waals surface area contributed by atoms with Crippen molar-refractivity contribution in [1.82, 2.24) is 20.3 Å². The molecule has 1 aromatic carbocycles. The number of hydrogen-bond donors (Lipinski definition) is 1. The third kappa shape index (κ3) is 1.56. The minimum atomic E-state index is 0.296. The SMILES string of the molecule is CNC(c1cnnn1C)C1Cc2ccccc21. The number of fused-ring (bicyclic) bond motifs is 1. The molecule has 1 heterocycles. The van der Waals surface area contributed by atoms with Crippen LogP contribution >= 0.6 is 0 Å². The van der Waals surface area contributed by atoms with Crippen LogP contribution in [0.5, 0.6) is 0 Å². The second-order valence-electron chi connectivity index (χ2n) is 4.56. The molecule has 0 fully saturated rings. The molecule has 1 aromatic heterocycles. The normalized spacial score (nSPS) is 19.5. The Hall–Kier alpha value is -1.68. The molecule has 0 aliphatic heterocycles. The molecule has 4 heteroatoms. The predicted molar refractivity (Wildman–Crippen MR) is 65.7 cm³/mol. The van der Waals surface area contributed by atoms with Gasteiger partial charge in [0.1, 0.15) is 0 Å². The molecular formula is C13H16N4. The van der Waals surface area contributed by atoms with Gasteiger partial charge in [-0.3, -0.25) is 4.68 Å². The third-order valence-corrected chi connectivity index (χ3v) is 3.68. The Bertz CT molecular complexity index is 532. The van der Waals surface area contributed by atoms with Gasteiger partial charge >= 0.3 is 0 Å². The van der Waals surface area contributed by atoms with Gasteiger partial charge in [-0.05, 0) is 24.6 Å². The van der Waals surface area contributed by atoms with Crippen LogP contribution in [0.1, 0.15) is 28.8 Å². The van der Waals surface area contributed by atoms with E-state index in [9.17, 15) is 0 Å². The number of nitrogens with zero attached hydrogens (tertiary/aromatic N) is 3. The lowest BCUT2D eigenvalue weighted by Gasteiger charge is -2.36. The molecule has 0 saturated carbocycles. The summed E-state index contributed by atoms with van der Waals surface area (Å²) in [5.41, 5.74) is 4.06. The van der Waals surface area contributed by atoms with Crippen LogP contribution < -0.4 is 5.32 Å². The smallest absolute Gasteiger partial charge is 0.0759 e. The van der Waals surface area contributed by atoms with Crippen LogP contribution in [0.4, 0.5) is 0 Å². The maximum absolute atomic E-state index is 4.01. The fourth-order valence-electron chi connectivity index (χ4n) is 2.73. The van der Waals surface area contributed by atoms with Gasteiger partial charge in [0.05, 0.1) is 17.9 Å². The van der Waals surface area contributed by atoms with Crippen molar-refractivity contribution in [1.29, 1.82) is 0 Å². The minimum absolute atomic E-state index is 0.296. The zero-order chi connectivity index (χ0) is 11.8. The Morgan fingerprint density at radius 1 is 1.41 bits per heavy atom. The highest BCUT2D eigenvalue weighted by Crippen LogP contribution is 2.42. The van der Waals surface area contributed by atoms with Gasteiger partial charge in [0.25, 0.3) is 0 Å². The zero-order valence-corrected chi connectivity index (χ0v) is 10.1. The van der Waals surface area contributed by atoms with Crippen LogP contribution in [0.2, 0.25) is 0 Å². The lowest BCUT2D eigenvalue weighted by molar-refractivity contribution is 0.415.